The van der Waals surface area contributed by atoms with Crippen molar-refractivity contribution in [2.45, 2.75) is 26.9 Å². The lowest BCUT2D eigenvalue weighted by molar-refractivity contribution is 0.132. The van der Waals surface area contributed by atoms with Crippen LogP contribution < -0.4 is 0 Å². The van der Waals surface area contributed by atoms with Crippen LogP contribution in [0.25, 0.3) is 0 Å². The van der Waals surface area contributed by atoms with Crippen molar-refractivity contribution >= 4 is 17.0 Å². The molecule has 3 heteroatoms. The second-order valence-corrected chi connectivity index (χ2v) is 3.60. The van der Waals surface area contributed by atoms with E-state index in [2.05, 4.69) is 0 Å². The first kappa shape index (κ1) is 11.1. The van der Waals surface area contributed by atoms with E-state index in [9.17, 15) is 4.79 Å². The van der Waals surface area contributed by atoms with Gasteiger partial charge in [0.2, 0.25) is 0 Å². The van der Waals surface area contributed by atoms with Gasteiger partial charge in [-0.2, -0.15) is 0 Å². The number of carbonyl (C=O) groups excluding carboxylic acids is 1. The summed E-state index contributed by atoms with van der Waals surface area (Å²) in [5.74, 6) is 0. The minimum absolute atomic E-state index is 0.292. The van der Waals surface area contributed by atoms with Gasteiger partial charge in [-0.25, -0.2) is 4.79 Å². The van der Waals surface area contributed by atoms with Gasteiger partial charge >= 0.3 is 5.43 Å². The SMILES string of the molecule is Cc1cccc(C(C)OC(=O)Cl)c1C. The molecule has 0 aliphatic carbocycles. The molecule has 0 amide bonds. The van der Waals surface area contributed by atoms with Crippen LogP contribution in [0.15, 0.2) is 18.2 Å². The molecule has 14 heavy (non-hydrogen) atoms. The van der Waals surface area contributed by atoms with Crippen molar-refractivity contribution in [1.82, 2.24) is 0 Å². The van der Waals surface area contributed by atoms with Gasteiger partial charge in [-0.3, -0.25) is 0 Å². The highest BCUT2D eigenvalue weighted by molar-refractivity contribution is 6.61. The molecule has 1 rings (SSSR count). The van der Waals surface area contributed by atoms with Crippen LogP contribution in [0.5, 0.6) is 0 Å². The molecule has 0 N–H and O–H groups in total. The smallest absolute Gasteiger partial charge is 0.404 e. The van der Waals surface area contributed by atoms with E-state index in [1.165, 1.54) is 5.56 Å². The van der Waals surface area contributed by atoms with Crippen molar-refractivity contribution in [2.75, 3.05) is 0 Å². The molecule has 76 valence electrons. The van der Waals surface area contributed by atoms with Crippen LogP contribution in [0.4, 0.5) is 4.79 Å². The van der Waals surface area contributed by atoms with Crippen LogP contribution in [-0.4, -0.2) is 5.43 Å². The molecule has 0 saturated carbocycles. The second kappa shape index (κ2) is 4.47. The highest BCUT2D eigenvalue weighted by Crippen LogP contribution is 2.23. The molecule has 0 aromatic heterocycles. The zero-order valence-electron chi connectivity index (χ0n) is 8.50. The Hall–Kier alpha value is -1.02. The Balaban J connectivity index is 2.95. The Morgan fingerprint density at radius 1 is 1.43 bits per heavy atom. The maximum absolute atomic E-state index is 10.6. The summed E-state index contributed by atoms with van der Waals surface area (Å²) in [5, 5.41) is 0. The van der Waals surface area contributed by atoms with E-state index in [-0.39, 0.29) is 6.10 Å². The molecular weight excluding hydrogens is 200 g/mol. The van der Waals surface area contributed by atoms with Crippen molar-refractivity contribution in [3.05, 3.63) is 34.9 Å². The van der Waals surface area contributed by atoms with Gasteiger partial charge in [-0.15, -0.1) is 0 Å². The molecule has 1 aromatic carbocycles. The fourth-order valence-corrected chi connectivity index (χ4v) is 1.55. The summed E-state index contributed by atoms with van der Waals surface area (Å²) in [5.41, 5.74) is 2.55. The van der Waals surface area contributed by atoms with Crippen LogP contribution in [0.2, 0.25) is 0 Å². The summed E-state index contributed by atoms with van der Waals surface area (Å²) in [6, 6.07) is 5.90. The lowest BCUT2D eigenvalue weighted by Crippen LogP contribution is -2.04. The lowest BCUT2D eigenvalue weighted by atomic mass is 10.00. The first-order valence-electron chi connectivity index (χ1n) is 4.44. The molecule has 1 aromatic rings. The number of carbonyl (C=O) groups is 1. The van der Waals surface area contributed by atoms with Crippen molar-refractivity contribution in [2.24, 2.45) is 0 Å². The third-order valence-electron chi connectivity index (χ3n) is 2.35. The summed E-state index contributed by atoms with van der Waals surface area (Å²) in [7, 11) is 0. The molecule has 1 atom stereocenters. The molecule has 0 heterocycles. The van der Waals surface area contributed by atoms with Crippen LogP contribution >= 0.6 is 11.6 Å². The first-order valence-corrected chi connectivity index (χ1v) is 4.82. The molecule has 1 unspecified atom stereocenters. The molecule has 2 nitrogen and oxygen atoms in total. The molecule has 0 spiro atoms. The van der Waals surface area contributed by atoms with E-state index >= 15 is 0 Å². The zero-order chi connectivity index (χ0) is 10.7. The number of aryl methyl sites for hydroxylation is 1. The molecule has 0 aliphatic rings. The quantitative estimate of drug-likeness (QED) is 0.698. The van der Waals surface area contributed by atoms with Crippen molar-refractivity contribution in [3.8, 4) is 0 Å². The highest BCUT2D eigenvalue weighted by atomic mass is 35.5. The van der Waals surface area contributed by atoms with E-state index in [1.54, 1.807) is 0 Å². The van der Waals surface area contributed by atoms with Crippen LogP contribution in [0.3, 0.4) is 0 Å². The monoisotopic (exact) mass is 212 g/mol. The highest BCUT2D eigenvalue weighted by Gasteiger charge is 2.12. The van der Waals surface area contributed by atoms with E-state index in [0.29, 0.717) is 0 Å². The largest absolute Gasteiger partial charge is 0.446 e. The van der Waals surface area contributed by atoms with Crippen LogP contribution in [0, 0.1) is 13.8 Å². The fourth-order valence-electron chi connectivity index (χ4n) is 1.42. The van der Waals surface area contributed by atoms with Gasteiger partial charge in [-0.1, -0.05) is 18.2 Å². The first-order chi connectivity index (χ1) is 6.52. The van der Waals surface area contributed by atoms with Crippen LogP contribution in [-0.2, 0) is 4.74 Å². The number of benzene rings is 1. The number of halogens is 1. The molecule has 0 saturated heterocycles. The third kappa shape index (κ3) is 2.48. The summed E-state index contributed by atoms with van der Waals surface area (Å²) in [4.78, 5) is 10.6. The minimum atomic E-state index is -0.765. The standard InChI is InChI=1S/C11H13ClO2/c1-7-5-4-6-10(8(7)2)9(3)14-11(12)13/h4-6,9H,1-3H3. The van der Waals surface area contributed by atoms with Crippen molar-refractivity contribution in [1.29, 1.82) is 0 Å². The van der Waals surface area contributed by atoms with Gasteiger partial charge in [-0.05, 0) is 37.5 Å². The summed E-state index contributed by atoms with van der Waals surface area (Å²) >= 11 is 5.15. The van der Waals surface area contributed by atoms with Crippen molar-refractivity contribution < 1.29 is 9.53 Å². The maximum Gasteiger partial charge on any atom is 0.404 e. The average Bonchev–Trinajstić information content (AvgIpc) is 2.08. The van der Waals surface area contributed by atoms with Gasteiger partial charge < -0.3 is 4.74 Å². The minimum Gasteiger partial charge on any atom is -0.446 e. The van der Waals surface area contributed by atoms with E-state index < -0.39 is 5.43 Å². The molecular formula is C11H13ClO2. The van der Waals surface area contributed by atoms with Gasteiger partial charge in [0.15, 0.2) is 0 Å². The van der Waals surface area contributed by atoms with E-state index in [1.807, 2.05) is 39.0 Å². The number of hydrogen-bond donors (Lipinski definition) is 0. The predicted octanol–water partition coefficient (Wildman–Crippen LogP) is 3.74. The Labute approximate surface area is 88.8 Å². The Morgan fingerprint density at radius 3 is 2.64 bits per heavy atom. The lowest BCUT2D eigenvalue weighted by Gasteiger charge is -2.15. The molecule has 0 bridgehead atoms. The maximum atomic E-state index is 10.6. The third-order valence-corrected chi connectivity index (χ3v) is 2.44. The fraction of sp³-hybridized carbons (Fsp3) is 0.364. The Kier molecular flexibility index (Phi) is 3.53. The Bertz CT molecular complexity index is 347. The van der Waals surface area contributed by atoms with E-state index in [4.69, 9.17) is 16.3 Å². The van der Waals surface area contributed by atoms with Gasteiger partial charge in [0.05, 0.1) is 0 Å². The normalized spacial score (nSPS) is 12.3. The summed E-state index contributed by atoms with van der Waals surface area (Å²) < 4.78 is 4.90. The van der Waals surface area contributed by atoms with Gasteiger partial charge in [0.25, 0.3) is 0 Å². The van der Waals surface area contributed by atoms with Crippen LogP contribution in [0.1, 0.15) is 29.7 Å². The predicted molar refractivity (Wildman–Crippen MR) is 56.7 cm³/mol. The average molecular weight is 213 g/mol. The zero-order valence-corrected chi connectivity index (χ0v) is 9.26. The molecule has 0 radical (unpaired) electrons. The topological polar surface area (TPSA) is 26.3 Å². The summed E-state index contributed by atoms with van der Waals surface area (Å²) in [6.45, 7) is 5.83. The molecule has 0 fully saturated rings. The summed E-state index contributed by atoms with van der Waals surface area (Å²) in [6.07, 6.45) is -0.292. The number of ether oxygens (including phenoxy) is 1. The van der Waals surface area contributed by atoms with E-state index in [0.717, 1.165) is 11.1 Å². The Morgan fingerprint density at radius 2 is 2.07 bits per heavy atom. The van der Waals surface area contributed by atoms with Gasteiger partial charge in [0.1, 0.15) is 6.10 Å². The number of rotatable bonds is 2. The second-order valence-electron chi connectivity index (χ2n) is 3.29. The van der Waals surface area contributed by atoms with Crippen molar-refractivity contribution in [3.63, 3.8) is 0 Å². The molecule has 0 aliphatic heterocycles. The number of hydrogen-bond acceptors (Lipinski definition) is 2. The van der Waals surface area contributed by atoms with Gasteiger partial charge in [0, 0.05) is 11.6 Å².